The molecule has 146 valence electrons. The minimum absolute atomic E-state index is 0.0681. The summed E-state index contributed by atoms with van der Waals surface area (Å²) in [5.74, 6) is 1.07. The highest BCUT2D eigenvalue weighted by atomic mass is 32.2. The molecule has 0 radical (unpaired) electrons. The average molecular weight is 397 g/mol. The van der Waals surface area contributed by atoms with Crippen LogP contribution in [0.25, 0.3) is 0 Å². The van der Waals surface area contributed by atoms with Crippen molar-refractivity contribution < 1.29 is 9.53 Å². The molecule has 0 saturated carbocycles. The Balaban J connectivity index is 1.66. The van der Waals surface area contributed by atoms with Crippen molar-refractivity contribution in [2.45, 2.75) is 25.0 Å². The predicted molar refractivity (Wildman–Crippen MR) is 112 cm³/mol. The fourth-order valence-corrected chi connectivity index (χ4v) is 3.58. The highest BCUT2D eigenvalue weighted by Crippen LogP contribution is 2.19. The monoisotopic (exact) mass is 396 g/mol. The van der Waals surface area contributed by atoms with Gasteiger partial charge in [0.2, 0.25) is 5.91 Å². The molecule has 0 bridgehead atoms. The summed E-state index contributed by atoms with van der Waals surface area (Å²) >= 11 is 1.38. The fraction of sp³-hybridized carbons (Fsp3) is 0.286. The molecule has 0 unspecified atom stereocenters. The van der Waals surface area contributed by atoms with Crippen molar-refractivity contribution in [2.24, 2.45) is 0 Å². The number of carbonyl (C=O) groups excluding carboxylic acids is 1. The van der Waals surface area contributed by atoms with Crippen molar-refractivity contribution in [3.63, 3.8) is 0 Å². The molecule has 0 aliphatic rings. The third-order valence-electron chi connectivity index (χ3n) is 4.15. The summed E-state index contributed by atoms with van der Waals surface area (Å²) in [6.07, 6.45) is 0.688. The van der Waals surface area contributed by atoms with Gasteiger partial charge in [-0.05, 0) is 30.2 Å². The summed E-state index contributed by atoms with van der Waals surface area (Å²) < 4.78 is 7.26. The summed E-state index contributed by atoms with van der Waals surface area (Å²) in [4.78, 5) is 12.3. The van der Waals surface area contributed by atoms with E-state index in [1.165, 1.54) is 17.3 Å². The molecule has 1 aromatic heterocycles. The van der Waals surface area contributed by atoms with Crippen LogP contribution < -0.4 is 5.32 Å². The molecule has 2 aromatic carbocycles. The van der Waals surface area contributed by atoms with Crippen molar-refractivity contribution >= 4 is 23.4 Å². The first-order valence-electron chi connectivity index (χ1n) is 9.10. The van der Waals surface area contributed by atoms with Gasteiger partial charge in [-0.3, -0.25) is 4.79 Å². The zero-order valence-electron chi connectivity index (χ0n) is 16.1. The Morgan fingerprint density at radius 2 is 1.96 bits per heavy atom. The van der Waals surface area contributed by atoms with Crippen LogP contribution in [0.5, 0.6) is 0 Å². The lowest BCUT2D eigenvalue weighted by molar-refractivity contribution is -0.113. The molecule has 7 heteroatoms. The number of aryl methyl sites for hydroxylation is 1. The van der Waals surface area contributed by atoms with E-state index in [1.54, 1.807) is 7.11 Å². The summed E-state index contributed by atoms with van der Waals surface area (Å²) in [5, 5.41) is 12.3. The maximum Gasteiger partial charge on any atom is 0.234 e. The summed E-state index contributed by atoms with van der Waals surface area (Å²) in [7, 11) is 1.67. The van der Waals surface area contributed by atoms with Crippen molar-refractivity contribution in [1.29, 1.82) is 0 Å². The van der Waals surface area contributed by atoms with Gasteiger partial charge in [0.15, 0.2) is 5.16 Å². The highest BCUT2D eigenvalue weighted by molar-refractivity contribution is 7.99. The number of ether oxygens (including phenoxy) is 1. The lowest BCUT2D eigenvalue weighted by atomic mass is 10.1. The Morgan fingerprint density at radius 1 is 1.14 bits per heavy atom. The van der Waals surface area contributed by atoms with Crippen molar-refractivity contribution in [2.75, 3.05) is 24.8 Å². The van der Waals surface area contributed by atoms with E-state index in [0.717, 1.165) is 22.2 Å². The van der Waals surface area contributed by atoms with Crippen molar-refractivity contribution in [1.82, 2.24) is 14.8 Å². The molecule has 3 rings (SSSR count). The van der Waals surface area contributed by atoms with Crippen LogP contribution >= 0.6 is 11.8 Å². The largest absolute Gasteiger partial charge is 0.383 e. The Hall–Kier alpha value is -2.64. The number of carbonyl (C=O) groups is 1. The van der Waals surface area contributed by atoms with E-state index < -0.39 is 0 Å². The standard InChI is InChI=1S/C21H24N4O2S/c1-16-7-6-10-18(13-16)22-20(26)15-28-21-24-23-19(25(21)11-12-27-2)14-17-8-4-3-5-9-17/h3-10,13H,11-12,14-15H2,1-2H3,(H,22,26). The Bertz CT molecular complexity index is 912. The minimum Gasteiger partial charge on any atom is -0.383 e. The van der Waals surface area contributed by atoms with Gasteiger partial charge in [0.25, 0.3) is 0 Å². The molecule has 6 nitrogen and oxygen atoms in total. The molecule has 0 atom stereocenters. The van der Waals surface area contributed by atoms with Gasteiger partial charge in [-0.1, -0.05) is 54.2 Å². The third kappa shape index (κ3) is 5.68. The number of amides is 1. The molecule has 0 aliphatic carbocycles. The van der Waals surface area contributed by atoms with E-state index in [1.807, 2.05) is 54.0 Å². The van der Waals surface area contributed by atoms with Crippen LogP contribution in [0.3, 0.4) is 0 Å². The van der Waals surface area contributed by atoms with Crippen LogP contribution in [0.2, 0.25) is 0 Å². The molecule has 1 N–H and O–H groups in total. The Labute approximate surface area is 169 Å². The summed E-state index contributed by atoms with van der Waals surface area (Å²) in [6, 6.07) is 17.9. The van der Waals surface area contributed by atoms with Gasteiger partial charge in [0.1, 0.15) is 5.82 Å². The first-order valence-corrected chi connectivity index (χ1v) is 10.1. The quantitative estimate of drug-likeness (QED) is 0.560. The van der Waals surface area contributed by atoms with Gasteiger partial charge in [-0.15, -0.1) is 10.2 Å². The number of nitrogens with zero attached hydrogens (tertiary/aromatic N) is 3. The number of nitrogens with one attached hydrogen (secondary N) is 1. The number of hydrogen-bond acceptors (Lipinski definition) is 5. The van der Waals surface area contributed by atoms with Crippen LogP contribution in [0.1, 0.15) is 17.0 Å². The molecule has 28 heavy (non-hydrogen) atoms. The predicted octanol–water partition coefficient (Wildman–Crippen LogP) is 3.55. The number of rotatable bonds is 9. The van der Waals surface area contributed by atoms with E-state index in [9.17, 15) is 4.79 Å². The van der Waals surface area contributed by atoms with E-state index in [4.69, 9.17) is 4.74 Å². The van der Waals surface area contributed by atoms with Crippen LogP contribution in [-0.4, -0.2) is 40.1 Å². The fourth-order valence-electron chi connectivity index (χ4n) is 2.79. The minimum atomic E-state index is -0.0681. The van der Waals surface area contributed by atoms with Gasteiger partial charge in [0.05, 0.1) is 12.4 Å². The second-order valence-corrected chi connectivity index (χ2v) is 7.35. The van der Waals surface area contributed by atoms with Crippen LogP contribution in [0, 0.1) is 6.92 Å². The maximum absolute atomic E-state index is 12.3. The first kappa shape index (κ1) is 20.1. The Kier molecular flexibility index (Phi) is 7.22. The molecule has 1 heterocycles. The number of hydrogen-bond donors (Lipinski definition) is 1. The normalized spacial score (nSPS) is 10.8. The number of anilines is 1. The van der Waals surface area contributed by atoms with Gasteiger partial charge < -0.3 is 14.6 Å². The molecule has 0 fully saturated rings. The van der Waals surface area contributed by atoms with Crippen molar-refractivity contribution in [3.05, 3.63) is 71.5 Å². The third-order valence-corrected chi connectivity index (χ3v) is 5.12. The summed E-state index contributed by atoms with van der Waals surface area (Å²) in [6.45, 7) is 3.20. The SMILES string of the molecule is COCCn1c(Cc2ccccc2)nnc1SCC(=O)Nc1cccc(C)c1. The summed E-state index contributed by atoms with van der Waals surface area (Å²) in [5.41, 5.74) is 3.08. The van der Waals surface area contributed by atoms with Crippen molar-refractivity contribution in [3.8, 4) is 0 Å². The molecule has 1 amide bonds. The number of methoxy groups -OCH3 is 1. The van der Waals surface area contributed by atoms with Gasteiger partial charge >= 0.3 is 0 Å². The number of aromatic nitrogens is 3. The highest BCUT2D eigenvalue weighted by Gasteiger charge is 2.15. The van der Waals surface area contributed by atoms with E-state index in [-0.39, 0.29) is 11.7 Å². The van der Waals surface area contributed by atoms with Gasteiger partial charge in [-0.2, -0.15) is 0 Å². The lowest BCUT2D eigenvalue weighted by Gasteiger charge is -2.10. The first-order chi connectivity index (χ1) is 13.7. The van der Waals surface area contributed by atoms with Gasteiger partial charge in [0, 0.05) is 25.8 Å². The molecule has 0 spiro atoms. The van der Waals surface area contributed by atoms with E-state index >= 15 is 0 Å². The zero-order valence-corrected chi connectivity index (χ0v) is 16.9. The average Bonchev–Trinajstić information content (AvgIpc) is 3.07. The molecular weight excluding hydrogens is 372 g/mol. The smallest absolute Gasteiger partial charge is 0.234 e. The number of benzene rings is 2. The Morgan fingerprint density at radius 3 is 2.71 bits per heavy atom. The maximum atomic E-state index is 12.3. The van der Waals surface area contributed by atoms with Crippen LogP contribution in [0.4, 0.5) is 5.69 Å². The van der Waals surface area contributed by atoms with Gasteiger partial charge in [-0.25, -0.2) is 0 Å². The topological polar surface area (TPSA) is 69.0 Å². The molecular formula is C21H24N4O2S. The molecule has 3 aromatic rings. The second kappa shape index (κ2) is 10.1. The van der Waals surface area contributed by atoms with E-state index in [0.29, 0.717) is 19.6 Å². The van der Waals surface area contributed by atoms with Crippen LogP contribution in [-0.2, 0) is 22.5 Å². The van der Waals surface area contributed by atoms with E-state index in [2.05, 4.69) is 27.6 Å². The number of thioether (sulfide) groups is 1. The molecule has 0 aliphatic heterocycles. The molecule has 0 saturated heterocycles. The second-order valence-electron chi connectivity index (χ2n) is 6.41. The lowest BCUT2D eigenvalue weighted by Crippen LogP contribution is -2.15. The van der Waals surface area contributed by atoms with Crippen LogP contribution in [0.15, 0.2) is 59.8 Å². The zero-order chi connectivity index (χ0) is 19.8.